The Balaban J connectivity index is 1.56. The van der Waals surface area contributed by atoms with Gasteiger partial charge in [-0.05, 0) is 49.1 Å². The van der Waals surface area contributed by atoms with Crippen LogP contribution in [0.5, 0.6) is 17.2 Å². The molecule has 0 radical (unpaired) electrons. The van der Waals surface area contributed by atoms with Crippen LogP contribution in [0.1, 0.15) is 33.1 Å². The third kappa shape index (κ3) is 6.06. The summed E-state index contributed by atoms with van der Waals surface area (Å²) in [4.78, 5) is 13.1. The summed E-state index contributed by atoms with van der Waals surface area (Å²) >= 11 is 0. The Bertz CT molecular complexity index is 1390. The van der Waals surface area contributed by atoms with Crippen molar-refractivity contribution >= 4 is 31.6 Å². The number of carbonyl (C=O) groups excluding carboxylic acids is 1. The van der Waals surface area contributed by atoms with Crippen molar-refractivity contribution in [2.45, 2.75) is 48.9 Å². The van der Waals surface area contributed by atoms with E-state index in [-0.39, 0.29) is 21.2 Å². The van der Waals surface area contributed by atoms with Gasteiger partial charge in [0.2, 0.25) is 26.0 Å². The fourth-order valence-corrected chi connectivity index (χ4v) is 7.40. The van der Waals surface area contributed by atoms with E-state index in [0.717, 1.165) is 19.3 Å². The standard InChI is InChI=1S/C25H33N3O8S2/c1-17(2)24(27-37(30,31)19-8-10-20-22(16-19)36-14-13-35-20)25(29)26-18-7-9-21(34-3)23(15-18)38(32,33)28-11-5-4-6-12-28/h7-10,15-17,24,27H,4-6,11-14H2,1-3H3,(H,26,29). The van der Waals surface area contributed by atoms with Gasteiger partial charge in [0.25, 0.3) is 0 Å². The number of piperidine rings is 1. The van der Waals surface area contributed by atoms with Crippen LogP contribution in [0.4, 0.5) is 5.69 Å². The Morgan fingerprint density at radius 3 is 2.29 bits per heavy atom. The lowest BCUT2D eigenvalue weighted by molar-refractivity contribution is -0.118. The Kier molecular flexibility index (Phi) is 8.50. The number of ether oxygens (including phenoxy) is 3. The fraction of sp³-hybridized carbons (Fsp3) is 0.480. The van der Waals surface area contributed by atoms with Crippen molar-refractivity contribution in [3.8, 4) is 17.2 Å². The van der Waals surface area contributed by atoms with Crippen molar-refractivity contribution in [1.29, 1.82) is 0 Å². The first-order valence-electron chi connectivity index (χ1n) is 12.4. The number of rotatable bonds is 9. The lowest BCUT2D eigenvalue weighted by Gasteiger charge is -2.27. The summed E-state index contributed by atoms with van der Waals surface area (Å²) in [5, 5.41) is 2.66. The third-order valence-corrected chi connectivity index (χ3v) is 9.78. The summed E-state index contributed by atoms with van der Waals surface area (Å²) in [6.45, 7) is 4.92. The number of nitrogens with zero attached hydrogens (tertiary/aromatic N) is 1. The maximum atomic E-state index is 13.3. The first-order chi connectivity index (χ1) is 18.0. The number of carbonyl (C=O) groups is 1. The molecule has 11 nitrogen and oxygen atoms in total. The second-order valence-electron chi connectivity index (χ2n) is 9.47. The SMILES string of the molecule is COc1ccc(NC(=O)C(NS(=O)(=O)c2ccc3c(c2)OCCO3)C(C)C)cc1S(=O)(=O)N1CCCCC1. The van der Waals surface area contributed by atoms with E-state index in [0.29, 0.717) is 37.8 Å². The van der Waals surface area contributed by atoms with Crippen molar-refractivity contribution in [2.24, 2.45) is 5.92 Å². The highest BCUT2D eigenvalue weighted by molar-refractivity contribution is 7.89. The number of hydrogen-bond acceptors (Lipinski definition) is 8. The minimum atomic E-state index is -4.10. The maximum absolute atomic E-state index is 13.3. The van der Waals surface area contributed by atoms with Crippen LogP contribution in [0, 0.1) is 5.92 Å². The monoisotopic (exact) mass is 567 g/mol. The van der Waals surface area contributed by atoms with E-state index in [1.807, 2.05) is 0 Å². The molecule has 2 heterocycles. The molecule has 1 atom stereocenters. The van der Waals surface area contributed by atoms with Crippen molar-refractivity contribution in [3.05, 3.63) is 36.4 Å². The van der Waals surface area contributed by atoms with Crippen LogP contribution < -0.4 is 24.2 Å². The molecule has 1 saturated heterocycles. The normalized spacial score (nSPS) is 17.2. The minimum Gasteiger partial charge on any atom is -0.495 e. The molecule has 2 N–H and O–H groups in total. The molecule has 2 aromatic carbocycles. The summed E-state index contributed by atoms with van der Waals surface area (Å²) in [6.07, 6.45) is 2.52. The highest BCUT2D eigenvalue weighted by Crippen LogP contribution is 2.33. The molecule has 0 saturated carbocycles. The van der Waals surface area contributed by atoms with E-state index in [2.05, 4.69) is 10.0 Å². The number of amides is 1. The second-order valence-corrected chi connectivity index (χ2v) is 13.1. The van der Waals surface area contributed by atoms with E-state index in [9.17, 15) is 21.6 Å². The van der Waals surface area contributed by atoms with Crippen molar-refractivity contribution in [3.63, 3.8) is 0 Å². The van der Waals surface area contributed by atoms with Gasteiger partial charge in [-0.3, -0.25) is 4.79 Å². The fourth-order valence-electron chi connectivity index (χ4n) is 4.34. The minimum absolute atomic E-state index is 0.0577. The van der Waals surface area contributed by atoms with E-state index >= 15 is 0 Å². The topological polar surface area (TPSA) is 140 Å². The van der Waals surface area contributed by atoms with E-state index in [1.165, 1.54) is 47.8 Å². The molecular formula is C25H33N3O8S2. The Morgan fingerprint density at radius 1 is 0.947 bits per heavy atom. The van der Waals surface area contributed by atoms with E-state index < -0.39 is 37.9 Å². The Hall–Kier alpha value is -2.87. The molecule has 4 rings (SSSR count). The van der Waals surface area contributed by atoms with Gasteiger partial charge < -0.3 is 19.5 Å². The van der Waals surface area contributed by atoms with Crippen LogP contribution >= 0.6 is 0 Å². The van der Waals surface area contributed by atoms with Gasteiger partial charge in [-0.2, -0.15) is 9.03 Å². The van der Waals surface area contributed by atoms with Gasteiger partial charge in [-0.1, -0.05) is 20.3 Å². The summed E-state index contributed by atoms with van der Waals surface area (Å²) < 4.78 is 73.0. The summed E-state index contributed by atoms with van der Waals surface area (Å²) in [5.74, 6) is -0.133. The second kappa shape index (κ2) is 11.5. The van der Waals surface area contributed by atoms with Gasteiger partial charge in [0, 0.05) is 24.8 Å². The smallest absolute Gasteiger partial charge is 0.246 e. The zero-order chi connectivity index (χ0) is 27.5. The van der Waals surface area contributed by atoms with Crippen LogP contribution in [0.15, 0.2) is 46.2 Å². The maximum Gasteiger partial charge on any atom is 0.246 e. The van der Waals surface area contributed by atoms with Gasteiger partial charge in [-0.15, -0.1) is 0 Å². The molecule has 2 aliphatic rings. The molecule has 0 aliphatic carbocycles. The van der Waals surface area contributed by atoms with Gasteiger partial charge in [0.05, 0.1) is 12.0 Å². The Labute approximate surface area is 223 Å². The van der Waals surface area contributed by atoms with Crippen molar-refractivity contribution < 1.29 is 35.8 Å². The van der Waals surface area contributed by atoms with Crippen molar-refractivity contribution in [1.82, 2.24) is 9.03 Å². The lowest BCUT2D eigenvalue weighted by Crippen LogP contribution is -2.47. The third-order valence-electron chi connectivity index (χ3n) is 6.42. The molecule has 208 valence electrons. The quantitative estimate of drug-likeness (QED) is 0.471. The highest BCUT2D eigenvalue weighted by atomic mass is 32.2. The number of sulfonamides is 2. The first-order valence-corrected chi connectivity index (χ1v) is 15.4. The zero-order valence-electron chi connectivity index (χ0n) is 21.6. The molecule has 0 aromatic heterocycles. The molecule has 1 amide bonds. The van der Waals surface area contributed by atoms with Crippen LogP contribution in [-0.2, 0) is 24.8 Å². The van der Waals surface area contributed by atoms with Crippen LogP contribution in [-0.4, -0.2) is 66.5 Å². The number of hydrogen-bond donors (Lipinski definition) is 2. The number of methoxy groups -OCH3 is 1. The van der Waals surface area contributed by atoms with Gasteiger partial charge in [-0.25, -0.2) is 16.8 Å². The van der Waals surface area contributed by atoms with Crippen LogP contribution in [0.2, 0.25) is 0 Å². The molecule has 2 aliphatic heterocycles. The van der Waals surface area contributed by atoms with E-state index in [4.69, 9.17) is 14.2 Å². The van der Waals surface area contributed by atoms with E-state index in [1.54, 1.807) is 13.8 Å². The summed E-state index contributed by atoms with van der Waals surface area (Å²) in [6, 6.07) is 7.43. The predicted octanol–water partition coefficient (Wildman–Crippen LogP) is 2.58. The average molecular weight is 568 g/mol. The average Bonchev–Trinajstić information content (AvgIpc) is 2.91. The van der Waals surface area contributed by atoms with Crippen LogP contribution in [0.3, 0.4) is 0 Å². The predicted molar refractivity (Wildman–Crippen MR) is 141 cm³/mol. The highest BCUT2D eigenvalue weighted by Gasteiger charge is 2.32. The molecule has 0 bridgehead atoms. The molecule has 0 spiro atoms. The lowest BCUT2D eigenvalue weighted by atomic mass is 10.0. The molecular weight excluding hydrogens is 534 g/mol. The van der Waals surface area contributed by atoms with Gasteiger partial charge in [0.1, 0.15) is 29.9 Å². The number of fused-ring (bicyclic) bond motifs is 1. The first kappa shape index (κ1) is 28.1. The van der Waals surface area contributed by atoms with Gasteiger partial charge >= 0.3 is 0 Å². The largest absolute Gasteiger partial charge is 0.495 e. The summed E-state index contributed by atoms with van der Waals surface area (Å²) in [7, 11) is -6.57. The summed E-state index contributed by atoms with van der Waals surface area (Å²) in [5.41, 5.74) is 0.204. The molecule has 13 heteroatoms. The molecule has 1 unspecified atom stereocenters. The molecule has 38 heavy (non-hydrogen) atoms. The Morgan fingerprint density at radius 2 is 1.63 bits per heavy atom. The van der Waals surface area contributed by atoms with Crippen LogP contribution in [0.25, 0.3) is 0 Å². The van der Waals surface area contributed by atoms with Gasteiger partial charge in [0.15, 0.2) is 11.5 Å². The molecule has 1 fully saturated rings. The number of benzene rings is 2. The number of nitrogens with one attached hydrogen (secondary N) is 2. The molecule has 2 aromatic rings. The number of anilines is 1. The van der Waals surface area contributed by atoms with Crippen molar-refractivity contribution in [2.75, 3.05) is 38.7 Å². The zero-order valence-corrected chi connectivity index (χ0v) is 23.2.